The topological polar surface area (TPSA) is 139 Å². The van der Waals surface area contributed by atoms with E-state index in [2.05, 4.69) is 4.74 Å². The number of carbonyl (C=O) groups is 3. The van der Waals surface area contributed by atoms with Gasteiger partial charge in [-0.25, -0.2) is 9.59 Å². The van der Waals surface area contributed by atoms with Crippen molar-refractivity contribution in [3.63, 3.8) is 0 Å². The molecule has 8 nitrogen and oxygen atoms in total. The molecule has 29 heavy (non-hydrogen) atoms. The second kappa shape index (κ2) is 17.7. The minimum absolute atomic E-state index is 0. The smallest absolute Gasteiger partial charge is 0.875 e. The molecule has 0 radical (unpaired) electrons. The Morgan fingerprint density at radius 3 is 1.83 bits per heavy atom. The maximum Gasteiger partial charge on any atom is 3.00 e. The van der Waals surface area contributed by atoms with Crippen molar-refractivity contribution >= 4 is 35.3 Å². The van der Waals surface area contributed by atoms with E-state index in [4.69, 9.17) is 4.74 Å². The Hall–Kier alpha value is -2.34. The molecule has 0 aliphatic carbocycles. The summed E-state index contributed by atoms with van der Waals surface area (Å²) in [7, 11) is 0. The Morgan fingerprint density at radius 1 is 1.03 bits per heavy atom. The monoisotopic (exact) mass is 422 g/mol. The molecule has 1 rings (SSSR count). The molecular weight excluding hydrogens is 395 g/mol. The molecule has 1 aromatic rings. The molecule has 0 heterocycles. The predicted octanol–water partition coefficient (Wildman–Crippen LogP) is -0.197. The van der Waals surface area contributed by atoms with Crippen molar-refractivity contribution < 1.29 is 39.2 Å². The van der Waals surface area contributed by atoms with Gasteiger partial charge in [0, 0.05) is 11.6 Å². The number of aromatic carboxylic acids is 1. The summed E-state index contributed by atoms with van der Waals surface area (Å²) in [5.74, 6) is -2.88. The SMILES string of the molecule is CC(C)OC(=O)c1ccccc1C(=O)[O-].CC(C)[O-].CCOC(=O)C=C(C)[O-].[Al+3]. The Labute approximate surface area is 182 Å². The van der Waals surface area contributed by atoms with Crippen LogP contribution in [0.25, 0.3) is 0 Å². The van der Waals surface area contributed by atoms with Gasteiger partial charge in [-0.3, -0.25) is 0 Å². The zero-order chi connectivity index (χ0) is 22.3. The van der Waals surface area contributed by atoms with Crippen molar-refractivity contribution in [3.8, 4) is 0 Å². The summed E-state index contributed by atoms with van der Waals surface area (Å²) in [6, 6.07) is 5.81. The number of hydrogen-bond donors (Lipinski definition) is 0. The van der Waals surface area contributed by atoms with Crippen LogP contribution in [0.2, 0.25) is 0 Å². The van der Waals surface area contributed by atoms with Crippen molar-refractivity contribution in [2.45, 2.75) is 53.8 Å². The van der Waals surface area contributed by atoms with E-state index in [9.17, 15) is 29.7 Å². The van der Waals surface area contributed by atoms with Crippen LogP contribution in [0.15, 0.2) is 36.1 Å². The normalized spacial score (nSPS) is 9.90. The molecule has 0 saturated heterocycles. The molecule has 0 unspecified atom stereocenters. The summed E-state index contributed by atoms with van der Waals surface area (Å²) >= 11 is 0. The Morgan fingerprint density at radius 2 is 1.48 bits per heavy atom. The number of carboxylic acids is 1. The van der Waals surface area contributed by atoms with Gasteiger partial charge in [0.2, 0.25) is 0 Å². The van der Waals surface area contributed by atoms with Gasteiger partial charge in [0.15, 0.2) is 0 Å². The number of hydrogen-bond acceptors (Lipinski definition) is 8. The van der Waals surface area contributed by atoms with E-state index in [0.717, 1.165) is 6.08 Å². The van der Waals surface area contributed by atoms with E-state index in [0.29, 0.717) is 6.61 Å². The van der Waals surface area contributed by atoms with Gasteiger partial charge < -0.3 is 29.6 Å². The van der Waals surface area contributed by atoms with Crippen molar-refractivity contribution in [2.75, 3.05) is 6.61 Å². The second-order valence-corrected chi connectivity index (χ2v) is 5.84. The number of allylic oxidation sites excluding steroid dienone is 1. The average molecular weight is 422 g/mol. The Bertz CT molecular complexity index is 647. The van der Waals surface area contributed by atoms with Crippen LogP contribution in [0, 0.1) is 0 Å². The summed E-state index contributed by atoms with van der Waals surface area (Å²) in [6.45, 7) is 9.91. The Kier molecular flexibility index (Phi) is 19.2. The fourth-order valence-electron chi connectivity index (χ4n) is 1.47. The molecule has 1 aromatic carbocycles. The van der Waals surface area contributed by atoms with Gasteiger partial charge in [0.1, 0.15) is 0 Å². The van der Waals surface area contributed by atoms with Crippen LogP contribution in [0.1, 0.15) is 62.3 Å². The first-order valence-electron chi connectivity index (χ1n) is 8.61. The number of carbonyl (C=O) groups excluding carboxylic acids is 3. The number of carboxylic acid groups (broad SMARTS) is 1. The Balaban J connectivity index is -0.000000414. The zero-order valence-corrected chi connectivity index (χ0v) is 18.7. The largest absolute Gasteiger partial charge is 3.00 e. The van der Waals surface area contributed by atoms with Gasteiger partial charge in [-0.05, 0) is 26.8 Å². The van der Waals surface area contributed by atoms with Gasteiger partial charge in [-0.1, -0.05) is 39.0 Å². The van der Waals surface area contributed by atoms with E-state index in [1.54, 1.807) is 40.7 Å². The van der Waals surface area contributed by atoms with E-state index in [1.807, 2.05) is 0 Å². The molecule has 0 N–H and O–H groups in total. The molecule has 0 aliphatic rings. The summed E-state index contributed by atoms with van der Waals surface area (Å²) in [6.07, 6.45) is 0.219. The van der Waals surface area contributed by atoms with Crippen LogP contribution in [0.5, 0.6) is 0 Å². The quantitative estimate of drug-likeness (QED) is 0.275. The van der Waals surface area contributed by atoms with Crippen LogP contribution >= 0.6 is 0 Å². The average Bonchev–Trinajstić information content (AvgIpc) is 2.53. The van der Waals surface area contributed by atoms with Gasteiger partial charge in [0.05, 0.1) is 24.2 Å². The van der Waals surface area contributed by atoms with Gasteiger partial charge >= 0.3 is 29.3 Å². The third kappa shape index (κ3) is 18.8. The van der Waals surface area contributed by atoms with Gasteiger partial charge in [-0.15, -0.1) is 11.9 Å². The number of rotatable bonds is 5. The molecule has 0 aliphatic heterocycles. The summed E-state index contributed by atoms with van der Waals surface area (Å²) < 4.78 is 9.33. The van der Waals surface area contributed by atoms with Crippen LogP contribution in [-0.2, 0) is 14.3 Å². The molecular formula is C20H27AlO8. The minimum atomic E-state index is -1.38. The van der Waals surface area contributed by atoms with E-state index >= 15 is 0 Å². The third-order valence-corrected chi connectivity index (χ3v) is 2.32. The molecule has 0 aromatic heterocycles. The summed E-state index contributed by atoms with van der Waals surface area (Å²) in [5.41, 5.74) is -0.130. The molecule has 0 fully saturated rings. The van der Waals surface area contributed by atoms with Crippen molar-refractivity contribution in [3.05, 3.63) is 47.2 Å². The maximum absolute atomic E-state index is 11.5. The molecule has 0 bridgehead atoms. The van der Waals surface area contributed by atoms with Crippen LogP contribution in [-0.4, -0.2) is 54.1 Å². The van der Waals surface area contributed by atoms with E-state index in [-0.39, 0.29) is 40.4 Å². The standard InChI is InChI=1S/C11H12O4.C6H10O3.C3H7O.Al/c1-7(2)15-11(14)9-6-4-3-5-8(9)10(12)13;1-3-9-6(8)4-5(2)7;1-3(2)4;/h3-7H,1-2H3,(H,12,13);4,7H,3H2,1-2H3;3H,1-2H3;/q;;-1;+3/p-2. The zero-order valence-electron chi connectivity index (χ0n) is 17.6. The van der Waals surface area contributed by atoms with Crippen molar-refractivity contribution in [1.29, 1.82) is 0 Å². The maximum atomic E-state index is 11.5. The molecule has 0 amide bonds. The van der Waals surface area contributed by atoms with Crippen molar-refractivity contribution in [2.24, 2.45) is 0 Å². The molecule has 0 atom stereocenters. The molecule has 0 spiro atoms. The molecule has 9 heteroatoms. The first-order chi connectivity index (χ1) is 12.9. The first kappa shape index (κ1) is 31.4. The van der Waals surface area contributed by atoms with Crippen LogP contribution in [0.4, 0.5) is 0 Å². The van der Waals surface area contributed by atoms with Gasteiger partial charge in [-0.2, -0.15) is 0 Å². The van der Waals surface area contributed by atoms with Gasteiger partial charge in [0.25, 0.3) is 0 Å². The fraction of sp³-hybridized carbons (Fsp3) is 0.450. The molecule has 158 valence electrons. The number of ether oxygens (including phenoxy) is 2. The summed E-state index contributed by atoms with van der Waals surface area (Å²) in [4.78, 5) is 32.5. The van der Waals surface area contributed by atoms with E-state index in [1.165, 1.54) is 25.1 Å². The number of esters is 2. The van der Waals surface area contributed by atoms with Crippen LogP contribution < -0.4 is 15.3 Å². The predicted molar refractivity (Wildman–Crippen MR) is 103 cm³/mol. The van der Waals surface area contributed by atoms with E-state index < -0.39 is 24.0 Å². The second-order valence-electron chi connectivity index (χ2n) is 5.84. The van der Waals surface area contributed by atoms with Crippen LogP contribution in [0.3, 0.4) is 0 Å². The number of benzene rings is 1. The first-order valence-corrected chi connectivity index (χ1v) is 8.61. The van der Waals surface area contributed by atoms with Crippen molar-refractivity contribution in [1.82, 2.24) is 0 Å². The third-order valence-electron chi connectivity index (χ3n) is 2.32. The fourth-order valence-corrected chi connectivity index (χ4v) is 1.47. The molecule has 0 saturated carbocycles. The summed E-state index contributed by atoms with van der Waals surface area (Å²) in [5, 5.41) is 30.4. The minimum Gasteiger partial charge on any atom is -0.875 e.